The predicted octanol–water partition coefficient (Wildman–Crippen LogP) is 3.10. The third-order valence-corrected chi connectivity index (χ3v) is 4.74. The van der Waals surface area contributed by atoms with Gasteiger partial charge in [-0.25, -0.2) is 4.98 Å². The van der Waals surface area contributed by atoms with Gasteiger partial charge in [0.15, 0.2) is 0 Å². The highest BCUT2D eigenvalue weighted by Crippen LogP contribution is 2.17. The zero-order chi connectivity index (χ0) is 17.6. The summed E-state index contributed by atoms with van der Waals surface area (Å²) in [5, 5.41) is 10.3. The molecule has 1 atom stereocenters. The maximum atomic E-state index is 10.3. The van der Waals surface area contributed by atoms with Crippen molar-refractivity contribution in [3.8, 4) is 5.75 Å². The number of piperazine rings is 1. The molecular formula is C20H29Cl2N3O2. The molecule has 3 rings (SSSR count). The van der Waals surface area contributed by atoms with Crippen molar-refractivity contribution in [2.75, 3.05) is 44.2 Å². The Kier molecular flexibility index (Phi) is 9.88. The number of benzene rings is 1. The summed E-state index contributed by atoms with van der Waals surface area (Å²) in [6.45, 7) is 8.83. The molecule has 1 aromatic carbocycles. The number of halogens is 2. The molecule has 1 unspecified atom stereocenters. The molecule has 0 amide bonds. The second-order valence-corrected chi connectivity index (χ2v) is 6.69. The Balaban J connectivity index is 0.00000182. The van der Waals surface area contributed by atoms with Crippen LogP contribution in [0.15, 0.2) is 42.6 Å². The van der Waals surface area contributed by atoms with Crippen LogP contribution >= 0.6 is 24.8 Å². The number of aliphatic hydroxyl groups is 1. The van der Waals surface area contributed by atoms with E-state index < -0.39 is 6.10 Å². The van der Waals surface area contributed by atoms with Crippen LogP contribution in [0.1, 0.15) is 11.1 Å². The molecule has 27 heavy (non-hydrogen) atoms. The molecular weight excluding hydrogens is 385 g/mol. The maximum absolute atomic E-state index is 10.3. The van der Waals surface area contributed by atoms with Crippen LogP contribution in [0.3, 0.4) is 0 Å². The lowest BCUT2D eigenvalue weighted by Crippen LogP contribution is -2.49. The monoisotopic (exact) mass is 413 g/mol. The molecule has 1 N–H and O–H groups in total. The first-order chi connectivity index (χ1) is 12.1. The zero-order valence-corrected chi connectivity index (χ0v) is 17.5. The number of nitrogens with zero attached hydrogens (tertiary/aromatic N) is 3. The number of aromatic nitrogens is 1. The molecule has 0 aliphatic carbocycles. The topological polar surface area (TPSA) is 48.8 Å². The highest BCUT2D eigenvalue weighted by atomic mass is 35.5. The van der Waals surface area contributed by atoms with E-state index in [0.717, 1.165) is 37.7 Å². The van der Waals surface area contributed by atoms with Crippen molar-refractivity contribution in [2.45, 2.75) is 20.0 Å². The Morgan fingerprint density at radius 1 is 1.04 bits per heavy atom. The Morgan fingerprint density at radius 2 is 1.78 bits per heavy atom. The van der Waals surface area contributed by atoms with E-state index in [2.05, 4.69) is 28.6 Å². The molecule has 7 heteroatoms. The second-order valence-electron chi connectivity index (χ2n) is 6.69. The molecule has 5 nitrogen and oxygen atoms in total. The molecule has 2 aromatic rings. The lowest BCUT2D eigenvalue weighted by molar-refractivity contribution is 0.0662. The van der Waals surface area contributed by atoms with Crippen molar-refractivity contribution in [1.29, 1.82) is 0 Å². The Morgan fingerprint density at radius 3 is 2.41 bits per heavy atom. The number of rotatable bonds is 6. The number of β-amino-alcohol motifs (C(OH)–C–C–N with tert-alkyl or cyclic N) is 1. The standard InChI is InChI=1S/C20H27N3O2.2ClH/c1-16-6-7-19(13-17(16)2)25-15-18(24)14-22-9-11-23(12-10-22)20-5-3-4-8-21-20;;/h3-8,13,18,24H,9-12,14-15H2,1-2H3;2*1H. The van der Waals surface area contributed by atoms with Gasteiger partial charge in [0, 0.05) is 38.9 Å². The van der Waals surface area contributed by atoms with Gasteiger partial charge in [-0.05, 0) is 49.2 Å². The summed E-state index contributed by atoms with van der Waals surface area (Å²) in [6.07, 6.45) is 1.35. The Bertz CT molecular complexity index is 680. The summed E-state index contributed by atoms with van der Waals surface area (Å²) in [6, 6.07) is 12.0. The minimum absolute atomic E-state index is 0. The van der Waals surface area contributed by atoms with Gasteiger partial charge in [-0.2, -0.15) is 0 Å². The summed E-state index contributed by atoms with van der Waals surface area (Å²) >= 11 is 0. The van der Waals surface area contributed by atoms with Gasteiger partial charge in [0.25, 0.3) is 0 Å². The number of anilines is 1. The van der Waals surface area contributed by atoms with Crippen LogP contribution in [-0.2, 0) is 0 Å². The van der Waals surface area contributed by atoms with Gasteiger partial charge in [0.2, 0.25) is 0 Å². The van der Waals surface area contributed by atoms with E-state index in [0.29, 0.717) is 13.2 Å². The van der Waals surface area contributed by atoms with Gasteiger partial charge in [-0.3, -0.25) is 4.90 Å². The van der Waals surface area contributed by atoms with Gasteiger partial charge in [-0.1, -0.05) is 12.1 Å². The lowest BCUT2D eigenvalue weighted by Gasteiger charge is -2.36. The van der Waals surface area contributed by atoms with Crippen LogP contribution in [0.5, 0.6) is 5.75 Å². The van der Waals surface area contributed by atoms with E-state index in [1.54, 1.807) is 0 Å². The van der Waals surface area contributed by atoms with Crippen LogP contribution in [0.25, 0.3) is 0 Å². The van der Waals surface area contributed by atoms with Crippen molar-refractivity contribution in [1.82, 2.24) is 9.88 Å². The van der Waals surface area contributed by atoms with E-state index in [-0.39, 0.29) is 24.8 Å². The summed E-state index contributed by atoms with van der Waals surface area (Å²) < 4.78 is 5.74. The van der Waals surface area contributed by atoms with Crippen molar-refractivity contribution in [3.05, 3.63) is 53.7 Å². The quantitative estimate of drug-likeness (QED) is 0.787. The van der Waals surface area contributed by atoms with Gasteiger partial charge in [-0.15, -0.1) is 24.8 Å². The predicted molar refractivity (Wildman–Crippen MR) is 115 cm³/mol. The lowest BCUT2D eigenvalue weighted by atomic mass is 10.1. The minimum atomic E-state index is -0.483. The third-order valence-electron chi connectivity index (χ3n) is 4.74. The van der Waals surface area contributed by atoms with E-state index in [1.807, 2.05) is 42.6 Å². The molecule has 1 fully saturated rings. The van der Waals surface area contributed by atoms with E-state index in [1.165, 1.54) is 11.1 Å². The van der Waals surface area contributed by atoms with Gasteiger partial charge < -0.3 is 14.7 Å². The molecule has 1 aromatic heterocycles. The fourth-order valence-corrected chi connectivity index (χ4v) is 3.05. The minimum Gasteiger partial charge on any atom is -0.491 e. The summed E-state index contributed by atoms with van der Waals surface area (Å²) in [4.78, 5) is 8.97. The number of pyridine rings is 1. The average Bonchev–Trinajstić information content (AvgIpc) is 2.64. The summed E-state index contributed by atoms with van der Waals surface area (Å²) in [7, 11) is 0. The number of hydrogen-bond acceptors (Lipinski definition) is 5. The Hall–Kier alpha value is -1.53. The van der Waals surface area contributed by atoms with Crippen LogP contribution < -0.4 is 9.64 Å². The fourth-order valence-electron chi connectivity index (χ4n) is 3.05. The average molecular weight is 414 g/mol. The number of aryl methyl sites for hydroxylation is 2. The van der Waals surface area contributed by atoms with Crippen molar-refractivity contribution in [2.24, 2.45) is 0 Å². The molecule has 1 aliphatic heterocycles. The third kappa shape index (κ3) is 6.85. The van der Waals surface area contributed by atoms with Crippen molar-refractivity contribution in [3.63, 3.8) is 0 Å². The van der Waals surface area contributed by atoms with Crippen molar-refractivity contribution < 1.29 is 9.84 Å². The fraction of sp³-hybridized carbons (Fsp3) is 0.450. The largest absolute Gasteiger partial charge is 0.491 e. The van der Waals surface area contributed by atoms with Crippen molar-refractivity contribution >= 4 is 30.6 Å². The van der Waals surface area contributed by atoms with E-state index in [4.69, 9.17) is 4.74 Å². The van der Waals surface area contributed by atoms with Gasteiger partial charge in [0.1, 0.15) is 24.3 Å². The Labute approximate surface area is 174 Å². The van der Waals surface area contributed by atoms with E-state index >= 15 is 0 Å². The summed E-state index contributed by atoms with van der Waals surface area (Å²) in [5.41, 5.74) is 2.45. The molecule has 0 radical (unpaired) electrons. The smallest absolute Gasteiger partial charge is 0.128 e. The van der Waals surface area contributed by atoms with Crippen LogP contribution in [0.2, 0.25) is 0 Å². The highest BCUT2D eigenvalue weighted by Gasteiger charge is 2.20. The number of aliphatic hydroxyl groups excluding tert-OH is 1. The van der Waals surface area contributed by atoms with Crippen LogP contribution in [-0.4, -0.2) is 60.4 Å². The molecule has 150 valence electrons. The SMILES string of the molecule is Cc1ccc(OCC(O)CN2CCN(c3ccccn3)CC2)cc1C.Cl.Cl. The highest BCUT2D eigenvalue weighted by molar-refractivity contribution is 5.85. The molecule has 0 saturated carbocycles. The molecule has 1 saturated heterocycles. The van der Waals surface area contributed by atoms with Crippen LogP contribution in [0.4, 0.5) is 5.82 Å². The molecule has 0 spiro atoms. The first-order valence-electron chi connectivity index (χ1n) is 8.88. The normalized spacial score (nSPS) is 15.4. The molecule has 0 bridgehead atoms. The molecule has 2 heterocycles. The zero-order valence-electron chi connectivity index (χ0n) is 15.9. The van der Waals surface area contributed by atoms with Gasteiger partial charge in [0.05, 0.1) is 0 Å². The first-order valence-corrected chi connectivity index (χ1v) is 8.88. The number of ether oxygens (including phenoxy) is 1. The second kappa shape index (κ2) is 11.3. The molecule has 1 aliphatic rings. The van der Waals surface area contributed by atoms with E-state index in [9.17, 15) is 5.11 Å². The first kappa shape index (κ1) is 23.5. The van der Waals surface area contributed by atoms with Gasteiger partial charge >= 0.3 is 0 Å². The maximum Gasteiger partial charge on any atom is 0.128 e. The summed E-state index contributed by atoms with van der Waals surface area (Å²) in [5.74, 6) is 1.85. The van der Waals surface area contributed by atoms with Crippen LogP contribution in [0, 0.1) is 13.8 Å². The number of hydrogen-bond donors (Lipinski definition) is 1.